The van der Waals surface area contributed by atoms with Crippen molar-refractivity contribution in [3.63, 3.8) is 0 Å². The van der Waals surface area contributed by atoms with Crippen molar-refractivity contribution in [1.82, 2.24) is 19.8 Å². The van der Waals surface area contributed by atoms with Gasteiger partial charge in [-0.1, -0.05) is 25.1 Å². The minimum absolute atomic E-state index is 0.199. The van der Waals surface area contributed by atoms with Crippen LogP contribution in [0.1, 0.15) is 42.5 Å². The molecule has 0 saturated carbocycles. The normalized spacial score (nSPS) is 16.2. The molecule has 226 valence electrons. The number of aromatic nitrogens is 2. The van der Waals surface area contributed by atoms with Crippen molar-refractivity contribution in [1.29, 1.82) is 0 Å². The molecule has 1 atom stereocenters. The Labute approximate surface area is 249 Å². The van der Waals surface area contributed by atoms with Gasteiger partial charge in [-0.3, -0.25) is 4.90 Å². The summed E-state index contributed by atoms with van der Waals surface area (Å²) in [5.41, 5.74) is 5.49. The molecule has 5 rings (SSSR count). The smallest absolute Gasteiger partial charge is 0.229 e. The van der Waals surface area contributed by atoms with Gasteiger partial charge in [0.05, 0.1) is 34.5 Å². The number of methoxy groups -OCH3 is 4. The fourth-order valence-electron chi connectivity index (χ4n) is 6.06. The summed E-state index contributed by atoms with van der Waals surface area (Å²) in [6.07, 6.45) is 1.86. The molecule has 0 amide bonds. The fourth-order valence-corrected chi connectivity index (χ4v) is 6.06. The highest BCUT2D eigenvalue weighted by Crippen LogP contribution is 2.40. The number of ether oxygens (including phenoxy) is 4. The van der Waals surface area contributed by atoms with Crippen LogP contribution in [0.2, 0.25) is 0 Å². The van der Waals surface area contributed by atoms with Crippen molar-refractivity contribution in [2.24, 2.45) is 0 Å². The molecule has 0 radical (unpaired) electrons. The standard InChI is InChI=1S/C32H44N6O4/c1-6-36-15-17-37(18-16-36)27-10-7-9-24-21-38(22-25(24)27)26(23-12-13-28(39-2)29(19-23)40-3)11-8-14-33-32-34-30(41-4)20-31(35-32)42-5/h7,9-10,12-13,19-20,26H,6,8,11,14-18,21-22H2,1-5H3,(H,33,34,35)/t26-/m1/s1. The highest BCUT2D eigenvalue weighted by molar-refractivity contribution is 5.58. The van der Waals surface area contributed by atoms with Crippen LogP contribution in [0.5, 0.6) is 23.3 Å². The molecule has 0 unspecified atom stereocenters. The van der Waals surface area contributed by atoms with E-state index in [2.05, 4.69) is 67.2 Å². The van der Waals surface area contributed by atoms with Gasteiger partial charge in [-0.05, 0) is 54.3 Å². The summed E-state index contributed by atoms with van der Waals surface area (Å²) in [6.45, 7) is 10.3. The summed E-state index contributed by atoms with van der Waals surface area (Å²) in [4.78, 5) is 16.5. The Morgan fingerprint density at radius 2 is 1.57 bits per heavy atom. The van der Waals surface area contributed by atoms with Crippen LogP contribution in [-0.4, -0.2) is 87.5 Å². The predicted molar refractivity (Wildman–Crippen MR) is 165 cm³/mol. The Balaban J connectivity index is 1.33. The van der Waals surface area contributed by atoms with E-state index in [-0.39, 0.29) is 6.04 Å². The van der Waals surface area contributed by atoms with E-state index in [9.17, 15) is 0 Å². The number of nitrogens with one attached hydrogen (secondary N) is 1. The number of hydrogen-bond acceptors (Lipinski definition) is 10. The predicted octanol–water partition coefficient (Wildman–Crippen LogP) is 4.60. The molecule has 2 aliphatic heterocycles. The van der Waals surface area contributed by atoms with Crippen LogP contribution < -0.4 is 29.2 Å². The first-order chi connectivity index (χ1) is 20.6. The maximum atomic E-state index is 5.69. The molecule has 0 aliphatic carbocycles. The van der Waals surface area contributed by atoms with E-state index in [1.165, 1.54) is 22.4 Å². The minimum Gasteiger partial charge on any atom is -0.493 e. The lowest BCUT2D eigenvalue weighted by Crippen LogP contribution is -2.46. The first-order valence-electron chi connectivity index (χ1n) is 14.8. The van der Waals surface area contributed by atoms with Crippen molar-refractivity contribution in [2.75, 3.05) is 77.9 Å². The molecule has 1 fully saturated rings. The summed E-state index contributed by atoms with van der Waals surface area (Å²) in [5, 5.41) is 3.35. The Kier molecular flexibility index (Phi) is 9.86. The van der Waals surface area contributed by atoms with Gasteiger partial charge in [0.1, 0.15) is 0 Å². The van der Waals surface area contributed by atoms with Crippen molar-refractivity contribution in [2.45, 2.75) is 38.9 Å². The lowest BCUT2D eigenvalue weighted by Gasteiger charge is -2.36. The number of likely N-dealkylation sites (N-methyl/N-ethyl adjacent to an activating group) is 1. The van der Waals surface area contributed by atoms with Gasteiger partial charge < -0.3 is 34.1 Å². The summed E-state index contributed by atoms with van der Waals surface area (Å²) in [7, 11) is 6.54. The molecule has 1 N–H and O–H groups in total. The summed E-state index contributed by atoms with van der Waals surface area (Å²) >= 11 is 0. The topological polar surface area (TPSA) is 84.5 Å². The van der Waals surface area contributed by atoms with Gasteiger partial charge in [-0.15, -0.1) is 0 Å². The molecule has 3 heterocycles. The van der Waals surface area contributed by atoms with Gasteiger partial charge >= 0.3 is 0 Å². The second-order valence-electron chi connectivity index (χ2n) is 10.7. The van der Waals surface area contributed by atoms with E-state index in [0.29, 0.717) is 24.3 Å². The van der Waals surface area contributed by atoms with Crippen molar-refractivity contribution in [3.8, 4) is 23.3 Å². The molecule has 10 nitrogen and oxygen atoms in total. The highest BCUT2D eigenvalue weighted by Gasteiger charge is 2.31. The average Bonchev–Trinajstić information content (AvgIpc) is 3.48. The van der Waals surface area contributed by atoms with Crippen molar-refractivity contribution >= 4 is 11.6 Å². The van der Waals surface area contributed by atoms with Crippen LogP contribution in [0.25, 0.3) is 0 Å². The molecule has 2 aromatic carbocycles. The van der Waals surface area contributed by atoms with Crippen LogP contribution >= 0.6 is 0 Å². The number of nitrogens with zero attached hydrogens (tertiary/aromatic N) is 5. The average molecular weight is 577 g/mol. The Bertz CT molecular complexity index is 1310. The second-order valence-corrected chi connectivity index (χ2v) is 10.7. The van der Waals surface area contributed by atoms with E-state index in [4.69, 9.17) is 18.9 Å². The first kappa shape index (κ1) is 29.7. The molecule has 0 bridgehead atoms. The quantitative estimate of drug-likeness (QED) is 0.292. The number of piperazine rings is 1. The molecule has 1 saturated heterocycles. The van der Waals surface area contributed by atoms with E-state index in [0.717, 1.165) is 70.2 Å². The van der Waals surface area contributed by atoms with E-state index >= 15 is 0 Å². The van der Waals surface area contributed by atoms with Gasteiger partial charge in [0.2, 0.25) is 17.7 Å². The first-order valence-corrected chi connectivity index (χ1v) is 14.8. The van der Waals surface area contributed by atoms with Crippen molar-refractivity contribution in [3.05, 3.63) is 59.2 Å². The lowest BCUT2D eigenvalue weighted by atomic mass is 9.99. The van der Waals surface area contributed by atoms with Crippen LogP contribution in [0.15, 0.2) is 42.5 Å². The molecular weight excluding hydrogens is 532 g/mol. The van der Waals surface area contributed by atoms with Crippen LogP contribution in [0.4, 0.5) is 11.6 Å². The molecule has 3 aromatic rings. The van der Waals surface area contributed by atoms with Gasteiger partial charge in [-0.25, -0.2) is 0 Å². The van der Waals surface area contributed by atoms with E-state index in [1.54, 1.807) is 34.5 Å². The zero-order chi connectivity index (χ0) is 29.5. The van der Waals surface area contributed by atoms with Crippen molar-refractivity contribution < 1.29 is 18.9 Å². The molecular formula is C32H44N6O4. The maximum absolute atomic E-state index is 5.69. The Morgan fingerprint density at radius 3 is 2.24 bits per heavy atom. The highest BCUT2D eigenvalue weighted by atomic mass is 16.5. The lowest BCUT2D eigenvalue weighted by molar-refractivity contribution is 0.188. The number of anilines is 2. The van der Waals surface area contributed by atoms with E-state index in [1.807, 2.05) is 6.07 Å². The molecule has 10 heteroatoms. The third kappa shape index (κ3) is 6.65. The SMILES string of the molecule is CCN1CCN(c2cccc3c2CN([C@H](CCCNc2nc(OC)cc(OC)n2)c2ccc(OC)c(OC)c2)C3)CC1. The fraction of sp³-hybridized carbons (Fsp3) is 0.500. The Hall–Kier alpha value is -3.76. The summed E-state index contributed by atoms with van der Waals surface area (Å²) in [5.74, 6) is 2.92. The monoisotopic (exact) mass is 576 g/mol. The zero-order valence-electron chi connectivity index (χ0n) is 25.6. The molecule has 1 aromatic heterocycles. The third-order valence-corrected chi connectivity index (χ3v) is 8.41. The van der Waals surface area contributed by atoms with Gasteiger partial charge in [0, 0.05) is 57.5 Å². The van der Waals surface area contributed by atoms with Crippen LogP contribution in [0.3, 0.4) is 0 Å². The summed E-state index contributed by atoms with van der Waals surface area (Å²) in [6, 6.07) is 15.0. The molecule has 2 aliphatic rings. The van der Waals surface area contributed by atoms with Crippen LogP contribution in [-0.2, 0) is 13.1 Å². The number of hydrogen-bond donors (Lipinski definition) is 1. The number of rotatable bonds is 13. The molecule has 42 heavy (non-hydrogen) atoms. The maximum Gasteiger partial charge on any atom is 0.229 e. The number of benzene rings is 2. The Morgan fingerprint density at radius 1 is 0.833 bits per heavy atom. The largest absolute Gasteiger partial charge is 0.493 e. The second kappa shape index (κ2) is 13.9. The number of fused-ring (bicyclic) bond motifs is 1. The van der Waals surface area contributed by atoms with Gasteiger partial charge in [0.25, 0.3) is 0 Å². The third-order valence-electron chi connectivity index (χ3n) is 8.41. The summed E-state index contributed by atoms with van der Waals surface area (Å²) < 4.78 is 21.8. The van der Waals surface area contributed by atoms with Crippen LogP contribution in [0, 0.1) is 0 Å². The van der Waals surface area contributed by atoms with Gasteiger partial charge in [0.15, 0.2) is 11.5 Å². The molecule has 0 spiro atoms. The van der Waals surface area contributed by atoms with E-state index < -0.39 is 0 Å². The zero-order valence-corrected chi connectivity index (χ0v) is 25.6. The minimum atomic E-state index is 0.199. The van der Waals surface area contributed by atoms with Gasteiger partial charge in [-0.2, -0.15) is 9.97 Å².